The number of aromatic nitrogens is 1. The van der Waals surface area contributed by atoms with Gasteiger partial charge in [-0.05, 0) is 30.3 Å². The zero-order valence-corrected chi connectivity index (χ0v) is 16.7. The van der Waals surface area contributed by atoms with E-state index in [-0.39, 0.29) is 21.5 Å². The number of esters is 1. The van der Waals surface area contributed by atoms with Crippen LogP contribution in [0.5, 0.6) is 0 Å². The summed E-state index contributed by atoms with van der Waals surface area (Å²) < 4.78 is 59.9. The van der Waals surface area contributed by atoms with Crippen LogP contribution < -0.4 is 10.6 Å². The largest absolute Gasteiger partial charge is 0.466 e. The number of thiazole rings is 1. The molecular formula is C18H12F4N4O5S. The Morgan fingerprint density at radius 2 is 1.81 bits per heavy atom. The highest BCUT2D eigenvalue weighted by Gasteiger charge is 2.64. The fourth-order valence-corrected chi connectivity index (χ4v) is 3.58. The van der Waals surface area contributed by atoms with Crippen molar-refractivity contribution in [2.24, 2.45) is 0 Å². The number of nitro groups is 1. The maximum absolute atomic E-state index is 14.1. The minimum atomic E-state index is -5.42. The third-order valence-corrected chi connectivity index (χ3v) is 5.14. The number of carbonyl (C=O) groups excluding carboxylic acids is 2. The molecule has 2 aromatic carbocycles. The maximum atomic E-state index is 14.1. The number of hydrogen-bond donors (Lipinski definition) is 2. The van der Waals surface area contributed by atoms with Gasteiger partial charge in [0.05, 0.1) is 22.2 Å². The molecule has 2 N–H and O–H groups in total. The Bertz CT molecular complexity index is 1200. The van der Waals surface area contributed by atoms with E-state index in [1.54, 1.807) is 5.32 Å². The highest BCUT2D eigenvalue weighted by Crippen LogP contribution is 2.36. The number of alkyl halides is 3. The van der Waals surface area contributed by atoms with Crippen LogP contribution in [0.1, 0.15) is 10.4 Å². The average Bonchev–Trinajstić information content (AvgIpc) is 3.13. The maximum Gasteiger partial charge on any atom is 0.442 e. The van der Waals surface area contributed by atoms with E-state index in [1.807, 2.05) is 5.32 Å². The summed E-state index contributed by atoms with van der Waals surface area (Å²) in [4.78, 5) is 38.8. The molecule has 0 spiro atoms. The van der Waals surface area contributed by atoms with Gasteiger partial charge in [0.25, 0.3) is 11.6 Å². The summed E-state index contributed by atoms with van der Waals surface area (Å²) in [5.74, 6) is -3.97. The van der Waals surface area contributed by atoms with Gasteiger partial charge in [-0.25, -0.2) is 14.2 Å². The molecule has 3 aromatic rings. The Hall–Kier alpha value is -3.81. The molecule has 1 amide bonds. The molecule has 0 aliphatic carbocycles. The summed E-state index contributed by atoms with van der Waals surface area (Å²) in [7, 11) is 0.691. The molecule has 32 heavy (non-hydrogen) atoms. The Balaban J connectivity index is 2.05. The smallest absolute Gasteiger partial charge is 0.442 e. The molecule has 0 bridgehead atoms. The lowest BCUT2D eigenvalue weighted by molar-refractivity contribution is -0.384. The number of hydrogen-bond acceptors (Lipinski definition) is 8. The molecule has 1 heterocycles. The second-order valence-corrected chi connectivity index (χ2v) is 7.28. The van der Waals surface area contributed by atoms with E-state index in [0.29, 0.717) is 18.4 Å². The van der Waals surface area contributed by atoms with Gasteiger partial charge in [0.15, 0.2) is 5.13 Å². The lowest BCUT2D eigenvalue weighted by atomic mass is 10.1. The average molecular weight is 472 g/mol. The highest BCUT2D eigenvalue weighted by atomic mass is 32.1. The van der Waals surface area contributed by atoms with Crippen molar-refractivity contribution in [2.45, 2.75) is 11.8 Å². The van der Waals surface area contributed by atoms with E-state index in [9.17, 15) is 37.3 Å². The van der Waals surface area contributed by atoms with Crippen molar-refractivity contribution < 1.29 is 36.8 Å². The number of methoxy groups -OCH3 is 1. The number of anilines is 1. The van der Waals surface area contributed by atoms with Crippen molar-refractivity contribution in [2.75, 3.05) is 12.4 Å². The van der Waals surface area contributed by atoms with Gasteiger partial charge in [-0.3, -0.25) is 14.9 Å². The standard InChI is InChI=1S/C18H12F4N4O5S/c1-31-15(28)17(18(20,21)22,24-14(27)9-2-4-10(19)5-3-9)25-16-23-12-7-6-11(26(29)30)8-13(12)32-16/h2-8H,1H3,(H,23,25)(H,24,27)/t17-/m1/s1. The monoisotopic (exact) mass is 472 g/mol. The second-order valence-electron chi connectivity index (χ2n) is 6.25. The zero-order valence-electron chi connectivity index (χ0n) is 15.9. The molecule has 0 radical (unpaired) electrons. The zero-order chi connectivity index (χ0) is 23.7. The molecule has 9 nitrogen and oxygen atoms in total. The fourth-order valence-electron chi connectivity index (χ4n) is 2.63. The van der Waals surface area contributed by atoms with E-state index in [0.717, 1.165) is 36.4 Å². The minimum Gasteiger partial charge on any atom is -0.466 e. The molecular weight excluding hydrogens is 460 g/mol. The van der Waals surface area contributed by atoms with Crippen LogP contribution in [0.15, 0.2) is 42.5 Å². The topological polar surface area (TPSA) is 123 Å². The van der Waals surface area contributed by atoms with E-state index >= 15 is 0 Å². The summed E-state index contributed by atoms with van der Waals surface area (Å²) >= 11 is 0.589. The van der Waals surface area contributed by atoms with Crippen molar-refractivity contribution in [3.63, 3.8) is 0 Å². The second kappa shape index (κ2) is 8.37. The van der Waals surface area contributed by atoms with E-state index in [2.05, 4.69) is 9.72 Å². The number of ether oxygens (including phenoxy) is 1. The Morgan fingerprint density at radius 3 is 2.38 bits per heavy atom. The Morgan fingerprint density at radius 1 is 1.16 bits per heavy atom. The Kier molecular flexibility index (Phi) is 5.98. The summed E-state index contributed by atoms with van der Waals surface area (Å²) in [6, 6.07) is 7.01. The molecule has 0 saturated carbocycles. The van der Waals surface area contributed by atoms with Gasteiger partial charge in [-0.1, -0.05) is 11.3 Å². The SMILES string of the molecule is COC(=O)[C@@](NC(=O)c1ccc(F)cc1)(Nc1nc2ccc([N+](=O)[O-])cc2s1)C(F)(F)F. The molecule has 168 valence electrons. The summed E-state index contributed by atoms with van der Waals surface area (Å²) in [6.45, 7) is 0. The van der Waals surface area contributed by atoms with E-state index in [1.165, 1.54) is 6.07 Å². The van der Waals surface area contributed by atoms with Crippen LogP contribution in [0.2, 0.25) is 0 Å². The van der Waals surface area contributed by atoms with Gasteiger partial charge in [0, 0.05) is 17.7 Å². The Labute approximate surface area is 180 Å². The summed E-state index contributed by atoms with van der Waals surface area (Å²) in [6.07, 6.45) is -5.42. The normalized spacial score (nSPS) is 13.3. The highest BCUT2D eigenvalue weighted by molar-refractivity contribution is 7.22. The van der Waals surface area contributed by atoms with Gasteiger partial charge in [-0.2, -0.15) is 13.2 Å². The number of rotatable bonds is 6. The predicted molar refractivity (Wildman–Crippen MR) is 105 cm³/mol. The van der Waals surface area contributed by atoms with Crippen LogP contribution in [-0.4, -0.2) is 40.7 Å². The van der Waals surface area contributed by atoms with Gasteiger partial charge in [0.2, 0.25) is 0 Å². The number of nitrogens with one attached hydrogen (secondary N) is 2. The van der Waals surface area contributed by atoms with Crippen molar-refractivity contribution in [1.29, 1.82) is 0 Å². The van der Waals surface area contributed by atoms with E-state index < -0.39 is 39.6 Å². The summed E-state index contributed by atoms with van der Waals surface area (Å²) in [5, 5.41) is 13.9. The number of fused-ring (bicyclic) bond motifs is 1. The molecule has 0 unspecified atom stereocenters. The molecule has 0 saturated heterocycles. The first-order chi connectivity index (χ1) is 15.0. The number of carbonyl (C=O) groups is 2. The van der Waals surface area contributed by atoms with Gasteiger partial charge in [0.1, 0.15) is 5.82 Å². The van der Waals surface area contributed by atoms with Crippen molar-refractivity contribution in [1.82, 2.24) is 10.3 Å². The number of non-ortho nitro benzene ring substituents is 1. The van der Waals surface area contributed by atoms with Gasteiger partial charge < -0.3 is 15.4 Å². The third kappa shape index (κ3) is 4.30. The fraction of sp³-hybridized carbons (Fsp3) is 0.167. The van der Waals surface area contributed by atoms with Crippen LogP contribution in [-0.2, 0) is 9.53 Å². The first-order valence-corrected chi connectivity index (χ1v) is 9.35. The lowest BCUT2D eigenvalue weighted by Gasteiger charge is -2.34. The quantitative estimate of drug-likeness (QED) is 0.185. The molecule has 14 heteroatoms. The predicted octanol–water partition coefficient (Wildman–Crippen LogP) is 3.62. The van der Waals surface area contributed by atoms with Gasteiger partial charge in [-0.15, -0.1) is 0 Å². The van der Waals surface area contributed by atoms with Crippen LogP contribution in [0.25, 0.3) is 10.2 Å². The number of benzene rings is 2. The molecule has 3 rings (SSSR count). The van der Waals surface area contributed by atoms with Crippen molar-refractivity contribution in [3.8, 4) is 0 Å². The van der Waals surface area contributed by atoms with Crippen LogP contribution >= 0.6 is 11.3 Å². The van der Waals surface area contributed by atoms with Gasteiger partial charge >= 0.3 is 17.8 Å². The third-order valence-electron chi connectivity index (χ3n) is 4.20. The van der Waals surface area contributed by atoms with Crippen LogP contribution in [0, 0.1) is 15.9 Å². The number of halogens is 4. The first kappa shape index (κ1) is 22.9. The van der Waals surface area contributed by atoms with Crippen LogP contribution in [0.3, 0.4) is 0 Å². The molecule has 0 fully saturated rings. The van der Waals surface area contributed by atoms with Crippen LogP contribution in [0.4, 0.5) is 28.4 Å². The number of nitro benzene ring substituents is 1. The number of amides is 1. The molecule has 1 atom stereocenters. The van der Waals surface area contributed by atoms with E-state index in [4.69, 9.17) is 0 Å². The number of nitrogens with zero attached hydrogens (tertiary/aromatic N) is 2. The molecule has 0 aliphatic heterocycles. The summed E-state index contributed by atoms with van der Waals surface area (Å²) in [5.41, 5.74) is -4.31. The first-order valence-electron chi connectivity index (χ1n) is 8.53. The minimum absolute atomic E-state index is 0.119. The molecule has 1 aromatic heterocycles. The van der Waals surface area contributed by atoms with Crippen molar-refractivity contribution in [3.05, 3.63) is 64.0 Å². The molecule has 0 aliphatic rings. The van der Waals surface area contributed by atoms with Crippen molar-refractivity contribution >= 4 is 44.2 Å². The lowest BCUT2D eigenvalue weighted by Crippen LogP contribution is -2.69.